The van der Waals surface area contributed by atoms with E-state index in [0.29, 0.717) is 35.1 Å². The highest BCUT2D eigenvalue weighted by atomic mass is 19.1. The van der Waals surface area contributed by atoms with Crippen molar-refractivity contribution in [2.24, 2.45) is 10.4 Å². The van der Waals surface area contributed by atoms with Crippen LogP contribution in [0.4, 0.5) is 4.39 Å². The minimum Gasteiger partial charge on any atom is -0.354 e. The summed E-state index contributed by atoms with van der Waals surface area (Å²) in [4.78, 5) is 4.22. The summed E-state index contributed by atoms with van der Waals surface area (Å²) in [5.74, 6) is 0.324. The number of guanidine groups is 1. The van der Waals surface area contributed by atoms with Gasteiger partial charge in [0, 0.05) is 25.2 Å². The van der Waals surface area contributed by atoms with Crippen LogP contribution in [0.25, 0.3) is 0 Å². The molecule has 0 amide bonds. The Labute approximate surface area is 137 Å². The lowest BCUT2D eigenvalue weighted by Crippen LogP contribution is -2.45. The van der Waals surface area contributed by atoms with Crippen LogP contribution in [-0.4, -0.2) is 19.0 Å². The van der Waals surface area contributed by atoms with Crippen molar-refractivity contribution < 1.29 is 4.39 Å². The first-order valence-corrected chi connectivity index (χ1v) is 8.09. The van der Waals surface area contributed by atoms with Gasteiger partial charge in [0.05, 0.1) is 11.6 Å². The van der Waals surface area contributed by atoms with Crippen LogP contribution >= 0.6 is 0 Å². The molecule has 1 fully saturated rings. The molecule has 124 valence electrons. The molecule has 0 radical (unpaired) electrons. The van der Waals surface area contributed by atoms with Crippen molar-refractivity contribution in [3.05, 3.63) is 35.1 Å². The fraction of sp³-hybridized carbons (Fsp3) is 0.556. The summed E-state index contributed by atoms with van der Waals surface area (Å²) >= 11 is 0. The number of hydrogen-bond acceptors (Lipinski definition) is 2. The van der Waals surface area contributed by atoms with Crippen LogP contribution in [0.1, 0.15) is 50.7 Å². The van der Waals surface area contributed by atoms with E-state index < -0.39 is 0 Å². The quantitative estimate of drug-likeness (QED) is 0.664. The van der Waals surface area contributed by atoms with Gasteiger partial charge in [-0.3, -0.25) is 4.99 Å². The molecule has 0 saturated heterocycles. The summed E-state index contributed by atoms with van der Waals surface area (Å²) in [6.45, 7) is 4.96. The van der Waals surface area contributed by atoms with Crippen molar-refractivity contribution in [1.82, 2.24) is 10.6 Å². The van der Waals surface area contributed by atoms with E-state index >= 15 is 0 Å². The molecular weight excluding hydrogens is 291 g/mol. The Morgan fingerprint density at radius 2 is 2.09 bits per heavy atom. The first kappa shape index (κ1) is 17.3. The van der Waals surface area contributed by atoms with Crippen LogP contribution in [0.15, 0.2) is 23.2 Å². The van der Waals surface area contributed by atoms with Gasteiger partial charge in [-0.1, -0.05) is 19.9 Å². The van der Waals surface area contributed by atoms with E-state index in [1.807, 2.05) is 6.07 Å². The van der Waals surface area contributed by atoms with Crippen molar-refractivity contribution in [1.29, 1.82) is 5.26 Å². The van der Waals surface area contributed by atoms with Crippen molar-refractivity contribution in [3.8, 4) is 6.07 Å². The van der Waals surface area contributed by atoms with Gasteiger partial charge in [0.1, 0.15) is 5.82 Å². The molecule has 0 aliphatic heterocycles. The first-order chi connectivity index (χ1) is 10.9. The largest absolute Gasteiger partial charge is 0.354 e. The smallest absolute Gasteiger partial charge is 0.191 e. The third kappa shape index (κ3) is 4.95. The summed E-state index contributed by atoms with van der Waals surface area (Å²) in [6.07, 6.45) is 4.65. The van der Waals surface area contributed by atoms with Gasteiger partial charge in [-0.2, -0.15) is 5.26 Å². The number of nitrogens with one attached hydrogen (secondary N) is 2. The molecule has 2 rings (SSSR count). The van der Waals surface area contributed by atoms with Crippen LogP contribution in [-0.2, 0) is 6.54 Å². The number of benzene rings is 1. The molecule has 0 spiro atoms. The lowest BCUT2D eigenvalue weighted by molar-refractivity contribution is 0.216. The van der Waals surface area contributed by atoms with Crippen molar-refractivity contribution in [2.45, 2.75) is 52.1 Å². The van der Waals surface area contributed by atoms with E-state index in [2.05, 4.69) is 29.5 Å². The zero-order valence-corrected chi connectivity index (χ0v) is 14.1. The molecule has 2 N–H and O–H groups in total. The zero-order chi connectivity index (χ0) is 16.9. The predicted octanol–water partition coefficient (Wildman–Crippen LogP) is 3.33. The van der Waals surface area contributed by atoms with Crippen LogP contribution in [0.3, 0.4) is 0 Å². The minimum atomic E-state index is -0.369. The minimum absolute atomic E-state index is 0.332. The molecule has 1 aliphatic carbocycles. The Balaban J connectivity index is 1.88. The molecule has 0 heterocycles. The molecule has 1 saturated carbocycles. The van der Waals surface area contributed by atoms with E-state index in [4.69, 9.17) is 5.26 Å². The third-order valence-electron chi connectivity index (χ3n) is 4.53. The summed E-state index contributed by atoms with van der Waals surface area (Å²) in [5.41, 5.74) is 1.29. The highest BCUT2D eigenvalue weighted by Gasteiger charge is 2.27. The highest BCUT2D eigenvalue weighted by molar-refractivity contribution is 5.79. The van der Waals surface area contributed by atoms with Gasteiger partial charge in [0.15, 0.2) is 5.96 Å². The normalized spacial score (nSPS) is 18.3. The van der Waals surface area contributed by atoms with Crippen molar-refractivity contribution in [3.63, 3.8) is 0 Å². The van der Waals surface area contributed by atoms with Gasteiger partial charge in [-0.05, 0) is 43.2 Å². The lowest BCUT2D eigenvalue weighted by Gasteiger charge is -2.35. The van der Waals surface area contributed by atoms with Crippen molar-refractivity contribution >= 4 is 5.96 Å². The maximum Gasteiger partial charge on any atom is 0.191 e. The molecule has 1 aliphatic rings. The van der Waals surface area contributed by atoms with Crippen LogP contribution in [0.2, 0.25) is 0 Å². The van der Waals surface area contributed by atoms with Crippen LogP contribution in [0.5, 0.6) is 0 Å². The van der Waals surface area contributed by atoms with Crippen LogP contribution < -0.4 is 10.6 Å². The standard InChI is InChI=1S/C18H25FN4/c1-18(2)8-6-15(7-9-18)23-17(21-3)22-12-14-5-4-13(11-20)10-16(14)19/h4-5,10,15H,6-9,12H2,1-3H3,(H2,21,22,23). The molecule has 4 nitrogen and oxygen atoms in total. The second-order valence-corrected chi connectivity index (χ2v) is 6.93. The monoisotopic (exact) mass is 316 g/mol. The molecular formula is C18H25FN4. The lowest BCUT2D eigenvalue weighted by atomic mass is 9.75. The van der Waals surface area contributed by atoms with E-state index in [9.17, 15) is 4.39 Å². The van der Waals surface area contributed by atoms with Crippen molar-refractivity contribution in [2.75, 3.05) is 7.05 Å². The third-order valence-corrected chi connectivity index (χ3v) is 4.53. The Kier molecular flexibility index (Phi) is 5.59. The Morgan fingerprint density at radius 3 is 2.65 bits per heavy atom. The SMILES string of the molecule is CN=C(NCc1ccc(C#N)cc1F)NC1CCC(C)(C)CC1. The average molecular weight is 316 g/mol. The topological polar surface area (TPSA) is 60.2 Å². The molecule has 0 bridgehead atoms. The van der Waals surface area contributed by atoms with Gasteiger partial charge < -0.3 is 10.6 Å². The highest BCUT2D eigenvalue weighted by Crippen LogP contribution is 2.34. The Hall–Kier alpha value is -2.09. The van der Waals surface area contributed by atoms with Crippen LogP contribution in [0, 0.1) is 22.6 Å². The molecule has 23 heavy (non-hydrogen) atoms. The van der Waals surface area contributed by atoms with Gasteiger partial charge in [0.25, 0.3) is 0 Å². The fourth-order valence-electron chi connectivity index (χ4n) is 2.87. The molecule has 0 aromatic heterocycles. The molecule has 1 aromatic rings. The maximum atomic E-state index is 13.9. The van der Waals surface area contributed by atoms with E-state index in [0.717, 1.165) is 12.8 Å². The number of aliphatic imine (C=N–C) groups is 1. The molecule has 0 atom stereocenters. The van der Waals surface area contributed by atoms with Gasteiger partial charge in [0.2, 0.25) is 0 Å². The average Bonchev–Trinajstić information content (AvgIpc) is 2.53. The summed E-state index contributed by atoms with van der Waals surface area (Å²) < 4.78 is 13.9. The Morgan fingerprint density at radius 1 is 1.39 bits per heavy atom. The van der Waals surface area contributed by atoms with Gasteiger partial charge >= 0.3 is 0 Å². The number of nitriles is 1. The van der Waals surface area contributed by atoms with E-state index in [1.165, 1.54) is 18.9 Å². The summed E-state index contributed by atoms with van der Waals surface area (Å²) in [7, 11) is 1.72. The zero-order valence-electron chi connectivity index (χ0n) is 14.1. The number of halogens is 1. The second kappa shape index (κ2) is 7.45. The number of hydrogen-bond donors (Lipinski definition) is 2. The molecule has 1 aromatic carbocycles. The summed E-state index contributed by atoms with van der Waals surface area (Å²) in [5, 5.41) is 15.3. The molecule has 0 unspecified atom stereocenters. The number of nitrogens with zero attached hydrogens (tertiary/aromatic N) is 2. The maximum absolute atomic E-state index is 13.9. The number of rotatable bonds is 3. The molecule has 5 heteroatoms. The Bertz CT molecular complexity index is 606. The van der Waals surface area contributed by atoms with Gasteiger partial charge in [-0.15, -0.1) is 0 Å². The second-order valence-electron chi connectivity index (χ2n) is 6.93. The summed E-state index contributed by atoms with van der Waals surface area (Å²) in [6, 6.07) is 6.87. The van der Waals surface area contributed by atoms with Gasteiger partial charge in [-0.25, -0.2) is 4.39 Å². The van der Waals surface area contributed by atoms with E-state index in [1.54, 1.807) is 19.2 Å². The predicted molar refractivity (Wildman–Crippen MR) is 90.5 cm³/mol. The first-order valence-electron chi connectivity index (χ1n) is 8.09. The van der Waals surface area contributed by atoms with E-state index in [-0.39, 0.29) is 5.82 Å². The fourth-order valence-corrected chi connectivity index (χ4v) is 2.87.